The molecule has 0 aliphatic carbocycles. The zero-order valence-corrected chi connectivity index (χ0v) is 9.99. The van der Waals surface area contributed by atoms with Crippen LogP contribution in [0.3, 0.4) is 0 Å². The Balaban J connectivity index is 3.12. The highest BCUT2D eigenvalue weighted by atomic mass is 79.9. The normalized spacial score (nSPS) is 10.7. The van der Waals surface area contributed by atoms with Gasteiger partial charge in [-0.1, -0.05) is 33.6 Å². The van der Waals surface area contributed by atoms with Crippen LogP contribution in [0.1, 0.15) is 28.8 Å². The smallest absolute Gasteiger partial charge is 0.264 e. The highest BCUT2D eigenvalue weighted by Crippen LogP contribution is 2.26. The lowest BCUT2D eigenvalue weighted by atomic mass is 10.0. The van der Waals surface area contributed by atoms with Gasteiger partial charge in [0.25, 0.3) is 6.43 Å². The zero-order chi connectivity index (χ0) is 11.4. The molecule has 0 heterocycles. The first kappa shape index (κ1) is 12.6. The molecule has 0 aromatic heterocycles. The summed E-state index contributed by atoms with van der Waals surface area (Å²) in [6.45, 7) is 0. The molecule has 0 aliphatic rings. The summed E-state index contributed by atoms with van der Waals surface area (Å²) in [6.07, 6.45) is -2.48. The number of hydrogen-bond donors (Lipinski definition) is 0. The van der Waals surface area contributed by atoms with Crippen LogP contribution in [-0.4, -0.2) is 11.1 Å². The Morgan fingerprint density at radius 3 is 2.67 bits per heavy atom. The van der Waals surface area contributed by atoms with Gasteiger partial charge < -0.3 is 0 Å². The van der Waals surface area contributed by atoms with E-state index >= 15 is 0 Å². The van der Waals surface area contributed by atoms with Crippen molar-refractivity contribution in [3.8, 4) is 0 Å². The lowest BCUT2D eigenvalue weighted by Gasteiger charge is -2.07. The van der Waals surface area contributed by atoms with Crippen molar-refractivity contribution in [2.75, 3.05) is 5.33 Å². The molecule has 0 bridgehead atoms. The second-order valence-corrected chi connectivity index (χ2v) is 4.12. The quantitative estimate of drug-likeness (QED) is 0.600. The number of halogens is 4. The van der Waals surface area contributed by atoms with Crippen LogP contribution in [0.4, 0.5) is 8.78 Å². The summed E-state index contributed by atoms with van der Waals surface area (Å²) in [5.41, 5.74) is -0.248. The Morgan fingerprint density at radius 2 is 2.13 bits per heavy atom. The lowest BCUT2D eigenvalue weighted by Crippen LogP contribution is -2.04. The molecule has 0 fully saturated rings. The number of carbonyl (C=O) groups is 1. The molecule has 82 valence electrons. The Kier molecular flexibility index (Phi) is 4.67. The molecule has 1 aromatic rings. The fourth-order valence-electron chi connectivity index (χ4n) is 1.18. The molecule has 0 N–H and O–H groups in total. The summed E-state index contributed by atoms with van der Waals surface area (Å²) in [7, 11) is 0. The molecule has 0 saturated carbocycles. The maximum Gasteiger partial charge on any atom is 0.264 e. The molecule has 0 spiro atoms. The van der Waals surface area contributed by atoms with Crippen LogP contribution in [0.25, 0.3) is 0 Å². The first-order valence-corrected chi connectivity index (χ1v) is 5.73. The van der Waals surface area contributed by atoms with Gasteiger partial charge in [0, 0.05) is 27.9 Å². The maximum absolute atomic E-state index is 12.6. The van der Waals surface area contributed by atoms with Gasteiger partial charge in [-0.25, -0.2) is 8.78 Å². The number of ketones is 1. The van der Waals surface area contributed by atoms with Crippen LogP contribution in [-0.2, 0) is 0 Å². The third-order valence-electron chi connectivity index (χ3n) is 1.87. The summed E-state index contributed by atoms with van der Waals surface area (Å²) in [6, 6.07) is 3.83. The van der Waals surface area contributed by atoms with Gasteiger partial charge in [-0.2, -0.15) is 0 Å². The molecule has 0 unspecified atom stereocenters. The van der Waals surface area contributed by atoms with Crippen molar-refractivity contribution < 1.29 is 13.6 Å². The van der Waals surface area contributed by atoms with Crippen LogP contribution in [0.15, 0.2) is 18.2 Å². The van der Waals surface area contributed by atoms with E-state index in [2.05, 4.69) is 15.9 Å². The number of alkyl halides is 3. The second kappa shape index (κ2) is 5.56. The number of benzene rings is 1. The minimum Gasteiger partial charge on any atom is -0.294 e. The predicted octanol–water partition coefficient (Wildman–Crippen LogP) is 4.25. The summed E-state index contributed by atoms with van der Waals surface area (Å²) in [4.78, 5) is 11.5. The molecule has 0 aliphatic heterocycles. The zero-order valence-electron chi connectivity index (χ0n) is 7.64. The number of rotatable bonds is 4. The van der Waals surface area contributed by atoms with Crippen molar-refractivity contribution in [1.82, 2.24) is 0 Å². The van der Waals surface area contributed by atoms with E-state index in [0.29, 0.717) is 5.33 Å². The Morgan fingerprint density at radius 1 is 1.47 bits per heavy atom. The van der Waals surface area contributed by atoms with Crippen molar-refractivity contribution in [3.63, 3.8) is 0 Å². The van der Waals surface area contributed by atoms with E-state index in [4.69, 9.17) is 11.6 Å². The number of hydrogen-bond acceptors (Lipinski definition) is 1. The fourth-order valence-corrected chi connectivity index (χ4v) is 1.71. The van der Waals surface area contributed by atoms with E-state index in [0.717, 1.165) is 0 Å². The van der Waals surface area contributed by atoms with E-state index < -0.39 is 6.43 Å². The van der Waals surface area contributed by atoms with Gasteiger partial charge in [-0.15, -0.1) is 0 Å². The topological polar surface area (TPSA) is 17.1 Å². The Bertz CT molecular complexity index is 368. The van der Waals surface area contributed by atoms with Crippen molar-refractivity contribution in [1.29, 1.82) is 0 Å². The maximum atomic E-state index is 12.6. The van der Waals surface area contributed by atoms with E-state index in [9.17, 15) is 13.6 Å². The van der Waals surface area contributed by atoms with Crippen LogP contribution < -0.4 is 0 Å². The molecule has 5 heteroatoms. The van der Waals surface area contributed by atoms with Crippen LogP contribution >= 0.6 is 27.5 Å². The monoisotopic (exact) mass is 296 g/mol. The largest absolute Gasteiger partial charge is 0.294 e. The number of carbonyl (C=O) groups excluding carboxylic acids is 1. The summed E-state index contributed by atoms with van der Waals surface area (Å²) in [5, 5.41) is 0.735. The third kappa shape index (κ3) is 3.24. The van der Waals surface area contributed by atoms with E-state index in [1.165, 1.54) is 18.2 Å². The molecule has 1 aromatic carbocycles. The van der Waals surface area contributed by atoms with E-state index in [-0.39, 0.29) is 28.4 Å². The third-order valence-corrected chi connectivity index (χ3v) is 2.50. The minimum absolute atomic E-state index is 0.0111. The highest BCUT2D eigenvalue weighted by molar-refractivity contribution is 9.09. The summed E-state index contributed by atoms with van der Waals surface area (Å²) in [5.74, 6) is -0.329. The molecule has 0 atom stereocenters. The molecular weight excluding hydrogens is 289 g/mol. The summed E-state index contributed by atoms with van der Waals surface area (Å²) >= 11 is 8.74. The van der Waals surface area contributed by atoms with Gasteiger partial charge in [-0.05, 0) is 12.1 Å². The van der Waals surface area contributed by atoms with Gasteiger partial charge in [0.05, 0.1) is 0 Å². The molecule has 0 radical (unpaired) electrons. The first-order chi connectivity index (χ1) is 7.06. The standard InChI is InChI=1S/C10H8BrClF2O/c11-4-3-9(15)8-5-6(12)1-2-7(8)10(13)14/h1-2,5,10H,3-4H2. The van der Waals surface area contributed by atoms with E-state index in [1.807, 2.05) is 0 Å². The number of Topliss-reactive ketones (excluding diaryl/α,β-unsaturated/α-hetero) is 1. The molecule has 0 amide bonds. The Labute approximate surface area is 99.6 Å². The molecule has 15 heavy (non-hydrogen) atoms. The fraction of sp³-hybridized carbons (Fsp3) is 0.300. The van der Waals surface area contributed by atoms with Crippen molar-refractivity contribution in [2.45, 2.75) is 12.8 Å². The van der Waals surface area contributed by atoms with Gasteiger partial charge in [0.2, 0.25) is 0 Å². The molecule has 1 nitrogen and oxygen atoms in total. The molecular formula is C10H8BrClF2O. The van der Waals surface area contributed by atoms with Gasteiger partial charge in [0.1, 0.15) is 0 Å². The second-order valence-electron chi connectivity index (χ2n) is 2.89. The van der Waals surface area contributed by atoms with Crippen molar-refractivity contribution >= 4 is 33.3 Å². The SMILES string of the molecule is O=C(CCBr)c1cc(Cl)ccc1C(F)F. The molecule has 1 rings (SSSR count). The lowest BCUT2D eigenvalue weighted by molar-refractivity contribution is 0.0976. The van der Waals surface area contributed by atoms with Crippen molar-refractivity contribution in [2.24, 2.45) is 0 Å². The van der Waals surface area contributed by atoms with Crippen LogP contribution in [0, 0.1) is 0 Å². The average molecular weight is 298 g/mol. The summed E-state index contributed by atoms with van der Waals surface area (Å²) < 4.78 is 25.1. The highest BCUT2D eigenvalue weighted by Gasteiger charge is 2.17. The Hall–Kier alpha value is -0.480. The van der Waals surface area contributed by atoms with Gasteiger partial charge in [-0.3, -0.25) is 4.79 Å². The minimum atomic E-state index is -2.66. The first-order valence-electron chi connectivity index (χ1n) is 4.23. The molecule has 0 saturated heterocycles. The van der Waals surface area contributed by atoms with Crippen LogP contribution in [0.2, 0.25) is 5.02 Å². The van der Waals surface area contributed by atoms with E-state index in [1.54, 1.807) is 0 Å². The predicted molar refractivity (Wildman–Crippen MR) is 59.2 cm³/mol. The van der Waals surface area contributed by atoms with Crippen LogP contribution in [0.5, 0.6) is 0 Å². The van der Waals surface area contributed by atoms with Crippen molar-refractivity contribution in [3.05, 3.63) is 34.3 Å². The van der Waals surface area contributed by atoms with Gasteiger partial charge in [0.15, 0.2) is 5.78 Å². The van der Waals surface area contributed by atoms with Gasteiger partial charge >= 0.3 is 0 Å². The average Bonchev–Trinajstić information content (AvgIpc) is 2.17.